The first-order valence-corrected chi connectivity index (χ1v) is 8.24. The van der Waals surface area contributed by atoms with E-state index in [0.29, 0.717) is 17.1 Å². The molecule has 0 saturated carbocycles. The Bertz CT molecular complexity index is 581. The van der Waals surface area contributed by atoms with E-state index < -0.39 is 0 Å². The number of likely N-dealkylation sites (N-methyl/N-ethyl adjacent to an activating group) is 1. The van der Waals surface area contributed by atoms with Crippen LogP contribution in [0.5, 0.6) is 0 Å². The monoisotopic (exact) mass is 337 g/mol. The Kier molecular flexibility index (Phi) is 6.02. The summed E-state index contributed by atoms with van der Waals surface area (Å²) in [5, 5.41) is 3.53. The van der Waals surface area contributed by atoms with Crippen molar-refractivity contribution in [1.82, 2.24) is 15.1 Å². The average Bonchev–Trinajstić information content (AvgIpc) is 2.48. The molecule has 1 aromatic carbocycles. The number of carbonyl (C=O) groups is 2. The molecule has 0 bridgehead atoms. The number of hydrogen-bond donors (Lipinski definition) is 1. The summed E-state index contributed by atoms with van der Waals surface area (Å²) < 4.78 is 0. The van der Waals surface area contributed by atoms with Crippen molar-refractivity contribution in [2.75, 3.05) is 33.7 Å². The largest absolute Gasteiger partial charge is 0.349 e. The van der Waals surface area contributed by atoms with Gasteiger partial charge in [-0.05, 0) is 37.5 Å². The predicted molar refractivity (Wildman–Crippen MR) is 91.8 cm³/mol. The Hall–Kier alpha value is -1.59. The summed E-state index contributed by atoms with van der Waals surface area (Å²) in [6.07, 6.45) is 1.69. The van der Waals surface area contributed by atoms with Crippen LogP contribution in [0, 0.1) is 6.92 Å². The SMILES string of the molecule is Cc1ccc(C(=O)NC2CCN(CC(=O)N(C)C)CC2)c(Cl)c1. The summed E-state index contributed by atoms with van der Waals surface area (Å²) in [5.74, 6) is -0.0169. The number of likely N-dealkylation sites (tertiary alicyclic amines) is 1. The second-order valence-corrected chi connectivity index (χ2v) is 6.70. The summed E-state index contributed by atoms with van der Waals surface area (Å²) in [5.41, 5.74) is 1.55. The lowest BCUT2D eigenvalue weighted by atomic mass is 10.0. The third-order valence-corrected chi connectivity index (χ3v) is 4.46. The number of piperidine rings is 1. The highest BCUT2D eigenvalue weighted by Gasteiger charge is 2.23. The van der Waals surface area contributed by atoms with Gasteiger partial charge < -0.3 is 10.2 Å². The topological polar surface area (TPSA) is 52.7 Å². The first-order chi connectivity index (χ1) is 10.9. The van der Waals surface area contributed by atoms with Gasteiger partial charge in [0.1, 0.15) is 0 Å². The minimum atomic E-state index is -0.127. The lowest BCUT2D eigenvalue weighted by Crippen LogP contribution is -2.47. The maximum absolute atomic E-state index is 12.3. The Balaban J connectivity index is 1.84. The van der Waals surface area contributed by atoms with Gasteiger partial charge in [-0.1, -0.05) is 17.7 Å². The molecule has 1 aliphatic rings. The minimum Gasteiger partial charge on any atom is -0.349 e. The molecule has 0 unspecified atom stereocenters. The van der Waals surface area contributed by atoms with Gasteiger partial charge in [0, 0.05) is 33.2 Å². The average molecular weight is 338 g/mol. The van der Waals surface area contributed by atoms with E-state index in [1.165, 1.54) is 0 Å². The van der Waals surface area contributed by atoms with Crippen LogP contribution in [-0.4, -0.2) is 61.4 Å². The van der Waals surface area contributed by atoms with Crippen molar-refractivity contribution in [2.45, 2.75) is 25.8 Å². The van der Waals surface area contributed by atoms with Crippen LogP contribution in [0.4, 0.5) is 0 Å². The maximum atomic E-state index is 12.3. The highest BCUT2D eigenvalue weighted by atomic mass is 35.5. The summed E-state index contributed by atoms with van der Waals surface area (Å²) in [7, 11) is 3.53. The molecule has 1 aromatic rings. The number of halogens is 1. The van der Waals surface area contributed by atoms with E-state index in [4.69, 9.17) is 11.6 Å². The minimum absolute atomic E-state index is 0.110. The number of nitrogens with zero attached hydrogens (tertiary/aromatic N) is 2. The number of carbonyl (C=O) groups excluding carboxylic acids is 2. The van der Waals surface area contributed by atoms with E-state index in [2.05, 4.69) is 10.2 Å². The van der Waals surface area contributed by atoms with Crippen LogP contribution in [0.25, 0.3) is 0 Å². The highest BCUT2D eigenvalue weighted by molar-refractivity contribution is 6.33. The molecule has 0 aromatic heterocycles. The lowest BCUT2D eigenvalue weighted by molar-refractivity contribution is -0.130. The van der Waals surface area contributed by atoms with Crippen LogP contribution in [0.2, 0.25) is 5.02 Å². The van der Waals surface area contributed by atoms with Crippen molar-refractivity contribution in [3.8, 4) is 0 Å². The first kappa shape index (κ1) is 17.8. The Morgan fingerprint density at radius 2 is 1.96 bits per heavy atom. The molecule has 1 N–H and O–H groups in total. The molecule has 1 fully saturated rings. The quantitative estimate of drug-likeness (QED) is 0.913. The fourth-order valence-corrected chi connectivity index (χ4v) is 2.96. The number of aryl methyl sites for hydroxylation is 1. The van der Waals surface area contributed by atoms with Crippen molar-refractivity contribution < 1.29 is 9.59 Å². The zero-order valence-corrected chi connectivity index (χ0v) is 14.7. The Morgan fingerprint density at radius 3 is 2.52 bits per heavy atom. The molecule has 126 valence electrons. The molecule has 0 aliphatic carbocycles. The van der Waals surface area contributed by atoms with E-state index in [9.17, 15) is 9.59 Å². The fraction of sp³-hybridized carbons (Fsp3) is 0.529. The summed E-state index contributed by atoms with van der Waals surface area (Å²) in [6, 6.07) is 5.57. The summed E-state index contributed by atoms with van der Waals surface area (Å²) in [6.45, 7) is 4.01. The molecule has 6 heteroatoms. The second kappa shape index (κ2) is 7.79. The van der Waals surface area contributed by atoms with Crippen molar-refractivity contribution in [3.63, 3.8) is 0 Å². The molecular formula is C17H24ClN3O2. The van der Waals surface area contributed by atoms with Crippen LogP contribution in [0.1, 0.15) is 28.8 Å². The third kappa shape index (κ3) is 4.94. The van der Waals surface area contributed by atoms with Gasteiger partial charge in [-0.15, -0.1) is 0 Å². The van der Waals surface area contributed by atoms with Crippen molar-refractivity contribution in [1.29, 1.82) is 0 Å². The molecule has 1 saturated heterocycles. The Morgan fingerprint density at radius 1 is 1.30 bits per heavy atom. The summed E-state index contributed by atoms with van der Waals surface area (Å²) >= 11 is 6.14. The van der Waals surface area contributed by atoms with Crippen LogP contribution in [-0.2, 0) is 4.79 Å². The van der Waals surface area contributed by atoms with Gasteiger partial charge in [-0.3, -0.25) is 14.5 Å². The molecule has 0 spiro atoms. The number of amides is 2. The fourth-order valence-electron chi connectivity index (χ4n) is 2.64. The molecule has 1 heterocycles. The number of nitrogens with one attached hydrogen (secondary N) is 1. The van der Waals surface area contributed by atoms with Crippen LogP contribution in [0.3, 0.4) is 0 Å². The third-order valence-electron chi connectivity index (χ3n) is 4.15. The van der Waals surface area contributed by atoms with Crippen LogP contribution in [0.15, 0.2) is 18.2 Å². The van der Waals surface area contributed by atoms with Gasteiger partial charge in [-0.2, -0.15) is 0 Å². The molecular weight excluding hydrogens is 314 g/mol. The number of hydrogen-bond acceptors (Lipinski definition) is 3. The zero-order chi connectivity index (χ0) is 17.0. The van der Waals surface area contributed by atoms with Crippen LogP contribution < -0.4 is 5.32 Å². The standard InChI is InChI=1S/C17H24ClN3O2/c1-12-4-5-14(15(18)10-12)17(23)19-13-6-8-21(9-7-13)11-16(22)20(2)3/h4-5,10,13H,6-9,11H2,1-3H3,(H,19,23). The van der Waals surface area contributed by atoms with Crippen molar-refractivity contribution in [3.05, 3.63) is 34.3 Å². The van der Waals surface area contributed by atoms with E-state index >= 15 is 0 Å². The summed E-state index contributed by atoms with van der Waals surface area (Å²) in [4.78, 5) is 27.8. The Labute approximate surface area is 142 Å². The first-order valence-electron chi connectivity index (χ1n) is 7.86. The van der Waals surface area contributed by atoms with E-state index in [1.54, 1.807) is 31.1 Å². The van der Waals surface area contributed by atoms with Gasteiger partial charge >= 0.3 is 0 Å². The molecule has 1 aliphatic heterocycles. The molecule has 5 nitrogen and oxygen atoms in total. The lowest BCUT2D eigenvalue weighted by Gasteiger charge is -2.32. The molecule has 0 radical (unpaired) electrons. The van der Waals surface area contributed by atoms with Gasteiger partial charge in [0.15, 0.2) is 0 Å². The second-order valence-electron chi connectivity index (χ2n) is 6.30. The van der Waals surface area contributed by atoms with Crippen molar-refractivity contribution in [2.24, 2.45) is 0 Å². The zero-order valence-electron chi connectivity index (χ0n) is 13.9. The van der Waals surface area contributed by atoms with E-state index in [1.807, 2.05) is 13.0 Å². The molecule has 2 amide bonds. The molecule has 0 atom stereocenters. The number of benzene rings is 1. The van der Waals surface area contributed by atoms with Gasteiger partial charge in [0.25, 0.3) is 5.91 Å². The van der Waals surface area contributed by atoms with Gasteiger partial charge in [0.05, 0.1) is 17.1 Å². The van der Waals surface area contributed by atoms with E-state index in [-0.39, 0.29) is 17.9 Å². The molecule has 23 heavy (non-hydrogen) atoms. The maximum Gasteiger partial charge on any atom is 0.253 e. The predicted octanol–water partition coefficient (Wildman–Crippen LogP) is 1.93. The van der Waals surface area contributed by atoms with Gasteiger partial charge in [0.2, 0.25) is 5.91 Å². The normalized spacial score (nSPS) is 16.2. The van der Waals surface area contributed by atoms with Crippen LogP contribution >= 0.6 is 11.6 Å². The smallest absolute Gasteiger partial charge is 0.253 e. The van der Waals surface area contributed by atoms with Gasteiger partial charge in [-0.25, -0.2) is 0 Å². The number of rotatable bonds is 4. The highest BCUT2D eigenvalue weighted by Crippen LogP contribution is 2.18. The van der Waals surface area contributed by atoms with Crippen molar-refractivity contribution >= 4 is 23.4 Å². The molecule has 2 rings (SSSR count). The van der Waals surface area contributed by atoms with E-state index in [0.717, 1.165) is 31.5 Å².